The minimum atomic E-state index is -0.302. The van der Waals surface area contributed by atoms with Gasteiger partial charge in [-0.2, -0.15) is 0 Å². The summed E-state index contributed by atoms with van der Waals surface area (Å²) in [6.45, 7) is 4.49. The van der Waals surface area contributed by atoms with E-state index >= 15 is 0 Å². The summed E-state index contributed by atoms with van der Waals surface area (Å²) in [5, 5.41) is 4.27. The van der Waals surface area contributed by atoms with Crippen LogP contribution in [0.4, 0.5) is 4.39 Å². The molecule has 1 aromatic carbocycles. The van der Waals surface area contributed by atoms with Crippen molar-refractivity contribution >= 4 is 11.0 Å². The molecule has 1 aromatic heterocycles. The van der Waals surface area contributed by atoms with Crippen LogP contribution in [0.5, 0.6) is 0 Å². The van der Waals surface area contributed by atoms with Gasteiger partial charge in [-0.05, 0) is 31.5 Å². The minimum Gasteiger partial charge on any atom is -0.456 e. The van der Waals surface area contributed by atoms with Crippen molar-refractivity contribution in [3.63, 3.8) is 0 Å². The average Bonchev–Trinajstić information content (AvgIpc) is 2.91. The highest BCUT2D eigenvalue weighted by Gasteiger charge is 2.28. The number of fused-ring (bicyclic) bond motifs is 1. The van der Waals surface area contributed by atoms with Gasteiger partial charge in [-0.3, -0.25) is 0 Å². The van der Waals surface area contributed by atoms with Gasteiger partial charge in [-0.15, -0.1) is 0 Å². The average molecular weight is 277 g/mol. The molecule has 3 rings (SSSR count). The van der Waals surface area contributed by atoms with E-state index in [1.807, 2.05) is 12.1 Å². The van der Waals surface area contributed by atoms with Crippen LogP contribution in [0, 0.1) is 11.7 Å². The molecule has 1 fully saturated rings. The van der Waals surface area contributed by atoms with Gasteiger partial charge in [0.1, 0.15) is 5.76 Å². The molecule has 2 aromatic rings. The molecule has 108 valence electrons. The number of hydrogen-bond donors (Lipinski definition) is 1. The van der Waals surface area contributed by atoms with Gasteiger partial charge in [0, 0.05) is 17.9 Å². The molecule has 4 heteroatoms. The number of hydrogen-bond acceptors (Lipinski definition) is 3. The van der Waals surface area contributed by atoms with Crippen molar-refractivity contribution in [2.75, 3.05) is 19.8 Å². The van der Waals surface area contributed by atoms with Crippen molar-refractivity contribution in [2.45, 2.75) is 25.8 Å². The van der Waals surface area contributed by atoms with E-state index in [-0.39, 0.29) is 11.9 Å². The van der Waals surface area contributed by atoms with Gasteiger partial charge in [0.2, 0.25) is 0 Å². The summed E-state index contributed by atoms with van der Waals surface area (Å²) in [4.78, 5) is 0. The number of furan rings is 1. The zero-order valence-electron chi connectivity index (χ0n) is 11.7. The van der Waals surface area contributed by atoms with Gasteiger partial charge in [0.15, 0.2) is 11.4 Å². The smallest absolute Gasteiger partial charge is 0.169 e. The third kappa shape index (κ3) is 2.58. The van der Waals surface area contributed by atoms with Gasteiger partial charge in [0.05, 0.1) is 12.6 Å². The van der Waals surface area contributed by atoms with Crippen LogP contribution in [0.1, 0.15) is 31.6 Å². The highest BCUT2D eigenvalue weighted by atomic mass is 19.1. The number of ether oxygens (including phenoxy) is 1. The third-order valence-corrected chi connectivity index (χ3v) is 3.91. The lowest BCUT2D eigenvalue weighted by molar-refractivity contribution is 0.0361. The Hall–Kier alpha value is -1.39. The van der Waals surface area contributed by atoms with Crippen molar-refractivity contribution in [2.24, 2.45) is 5.92 Å². The Labute approximate surface area is 118 Å². The number of rotatable bonds is 4. The van der Waals surface area contributed by atoms with E-state index in [0.29, 0.717) is 11.5 Å². The molecule has 0 amide bonds. The second-order valence-corrected chi connectivity index (χ2v) is 5.32. The quantitative estimate of drug-likeness (QED) is 0.926. The van der Waals surface area contributed by atoms with Crippen molar-refractivity contribution < 1.29 is 13.5 Å². The van der Waals surface area contributed by atoms with Gasteiger partial charge in [0.25, 0.3) is 0 Å². The largest absolute Gasteiger partial charge is 0.456 e. The van der Waals surface area contributed by atoms with E-state index in [1.54, 1.807) is 6.07 Å². The summed E-state index contributed by atoms with van der Waals surface area (Å²) in [6, 6.07) is 7.06. The Morgan fingerprint density at radius 1 is 1.45 bits per heavy atom. The summed E-state index contributed by atoms with van der Waals surface area (Å²) < 4.78 is 25.1. The Bertz CT molecular complexity index is 575. The van der Waals surface area contributed by atoms with E-state index < -0.39 is 0 Å². The Balaban J connectivity index is 1.93. The molecule has 0 aliphatic carbocycles. The summed E-state index contributed by atoms with van der Waals surface area (Å²) >= 11 is 0. The Morgan fingerprint density at radius 2 is 2.35 bits per heavy atom. The number of nitrogens with one attached hydrogen (secondary N) is 1. The Kier molecular flexibility index (Phi) is 4.03. The van der Waals surface area contributed by atoms with Crippen LogP contribution in [0.25, 0.3) is 11.0 Å². The highest BCUT2D eigenvalue weighted by Crippen LogP contribution is 2.33. The molecule has 0 bridgehead atoms. The molecule has 3 nitrogen and oxygen atoms in total. The molecule has 1 aliphatic heterocycles. The van der Waals surface area contributed by atoms with Crippen LogP contribution in [-0.4, -0.2) is 19.8 Å². The van der Waals surface area contributed by atoms with Crippen molar-refractivity contribution in [1.82, 2.24) is 5.32 Å². The van der Waals surface area contributed by atoms with Crippen molar-refractivity contribution in [3.05, 3.63) is 35.8 Å². The molecule has 0 spiro atoms. The molecule has 2 heterocycles. The summed E-state index contributed by atoms with van der Waals surface area (Å²) in [7, 11) is 0. The lowest BCUT2D eigenvalue weighted by atomic mass is 9.92. The maximum Gasteiger partial charge on any atom is 0.169 e. The van der Waals surface area contributed by atoms with Crippen LogP contribution in [-0.2, 0) is 4.74 Å². The zero-order valence-corrected chi connectivity index (χ0v) is 11.7. The van der Waals surface area contributed by atoms with Gasteiger partial charge >= 0.3 is 0 Å². The third-order valence-electron chi connectivity index (χ3n) is 3.91. The van der Waals surface area contributed by atoms with Crippen LogP contribution in [0.15, 0.2) is 28.7 Å². The second-order valence-electron chi connectivity index (χ2n) is 5.32. The first kappa shape index (κ1) is 13.6. The van der Waals surface area contributed by atoms with Gasteiger partial charge in [-0.25, -0.2) is 4.39 Å². The molecular weight excluding hydrogens is 257 g/mol. The molecule has 1 N–H and O–H groups in total. The fraction of sp³-hybridized carbons (Fsp3) is 0.500. The van der Waals surface area contributed by atoms with E-state index in [9.17, 15) is 4.39 Å². The predicted octanol–water partition coefficient (Wildman–Crippen LogP) is 3.65. The van der Waals surface area contributed by atoms with Crippen LogP contribution >= 0.6 is 0 Å². The summed E-state index contributed by atoms with van der Waals surface area (Å²) in [5.41, 5.74) is 0.349. The minimum absolute atomic E-state index is 0.0899. The first-order valence-electron chi connectivity index (χ1n) is 7.28. The number of halogens is 1. The lowest BCUT2D eigenvalue weighted by Crippen LogP contribution is -2.33. The zero-order chi connectivity index (χ0) is 13.9. The second kappa shape index (κ2) is 5.94. The van der Waals surface area contributed by atoms with Gasteiger partial charge < -0.3 is 14.5 Å². The molecule has 1 aliphatic rings. The fourth-order valence-corrected chi connectivity index (χ4v) is 2.95. The standard InChI is InChI=1S/C16H20FNO2/c1-2-18-15(12-6-4-8-19-10-12)14-9-11-5-3-7-13(17)16(11)20-14/h3,5,7,9,12,15,18H,2,4,6,8,10H2,1H3. The Morgan fingerprint density at radius 3 is 3.05 bits per heavy atom. The number of para-hydroxylation sites is 1. The highest BCUT2D eigenvalue weighted by molar-refractivity contribution is 5.78. The molecule has 1 saturated heterocycles. The van der Waals surface area contributed by atoms with Crippen molar-refractivity contribution in [3.8, 4) is 0 Å². The lowest BCUT2D eigenvalue weighted by Gasteiger charge is -2.29. The fourth-order valence-electron chi connectivity index (χ4n) is 2.95. The maximum absolute atomic E-state index is 13.8. The van der Waals surface area contributed by atoms with Crippen molar-refractivity contribution in [1.29, 1.82) is 0 Å². The van der Waals surface area contributed by atoms with Gasteiger partial charge in [-0.1, -0.05) is 19.1 Å². The first-order chi connectivity index (χ1) is 9.79. The molecule has 0 radical (unpaired) electrons. The molecule has 20 heavy (non-hydrogen) atoms. The first-order valence-corrected chi connectivity index (χ1v) is 7.28. The van der Waals surface area contributed by atoms with E-state index in [0.717, 1.165) is 43.7 Å². The predicted molar refractivity (Wildman–Crippen MR) is 76.1 cm³/mol. The molecule has 2 atom stereocenters. The molecular formula is C16H20FNO2. The maximum atomic E-state index is 13.8. The molecule has 0 saturated carbocycles. The molecule has 2 unspecified atom stereocenters. The van der Waals surface area contributed by atoms with E-state index in [4.69, 9.17) is 9.15 Å². The van der Waals surface area contributed by atoms with E-state index in [2.05, 4.69) is 12.2 Å². The van der Waals surface area contributed by atoms with Crippen LogP contribution in [0.2, 0.25) is 0 Å². The van der Waals surface area contributed by atoms with Crippen LogP contribution < -0.4 is 5.32 Å². The van der Waals surface area contributed by atoms with E-state index in [1.165, 1.54) is 6.07 Å². The summed E-state index contributed by atoms with van der Waals surface area (Å²) in [5.74, 6) is 0.888. The number of benzene rings is 1. The van der Waals surface area contributed by atoms with Crippen LogP contribution in [0.3, 0.4) is 0 Å². The normalized spacial score (nSPS) is 21.2. The topological polar surface area (TPSA) is 34.4 Å². The SMILES string of the molecule is CCNC(c1cc2cccc(F)c2o1)C1CCCOC1. The monoisotopic (exact) mass is 277 g/mol. The summed E-state index contributed by atoms with van der Waals surface area (Å²) in [6.07, 6.45) is 2.18.